The number of nitrogens with zero attached hydrogens (tertiary/aromatic N) is 1. The normalized spacial score (nSPS) is 25.5. The lowest BCUT2D eigenvalue weighted by Crippen LogP contribution is -2.05. The number of rotatable bonds is 2. The van der Waals surface area contributed by atoms with Crippen LogP contribution in [-0.4, -0.2) is 17.0 Å². The van der Waals surface area contributed by atoms with Crippen LogP contribution in [0.3, 0.4) is 0 Å². The van der Waals surface area contributed by atoms with Gasteiger partial charge >= 0.3 is 0 Å². The molecule has 0 spiro atoms. The van der Waals surface area contributed by atoms with Crippen molar-refractivity contribution in [2.24, 2.45) is 10.7 Å². The Bertz CT molecular complexity index is 196. The molecule has 0 aromatic rings. The summed E-state index contributed by atoms with van der Waals surface area (Å²) in [6.45, 7) is 4.26. The van der Waals surface area contributed by atoms with Crippen molar-refractivity contribution in [2.75, 3.05) is 5.75 Å². The van der Waals surface area contributed by atoms with Gasteiger partial charge in [0.1, 0.15) is 0 Å². The average molecular weight is 170 g/mol. The van der Waals surface area contributed by atoms with Crippen LogP contribution in [0.5, 0.6) is 0 Å². The van der Waals surface area contributed by atoms with E-state index in [-0.39, 0.29) is 0 Å². The highest BCUT2D eigenvalue weighted by Gasteiger charge is 2.16. The standard InChI is InChI=1S/C8H14N2S/c1-3-4-6(2)7-5-11-8(9)10-7/h4,7H,3,5H2,1-2H3,(H2,9,10)/b6-4+. The third-order valence-electron chi connectivity index (χ3n) is 1.72. The Hall–Kier alpha value is -0.440. The van der Waals surface area contributed by atoms with Crippen molar-refractivity contribution in [3.05, 3.63) is 11.6 Å². The van der Waals surface area contributed by atoms with E-state index >= 15 is 0 Å². The second-order valence-electron chi connectivity index (χ2n) is 2.65. The van der Waals surface area contributed by atoms with Crippen molar-refractivity contribution in [3.8, 4) is 0 Å². The highest BCUT2D eigenvalue weighted by Crippen LogP contribution is 2.20. The summed E-state index contributed by atoms with van der Waals surface area (Å²) in [5.41, 5.74) is 6.89. The van der Waals surface area contributed by atoms with Gasteiger partial charge in [-0.25, -0.2) is 0 Å². The summed E-state index contributed by atoms with van der Waals surface area (Å²) >= 11 is 1.65. The van der Waals surface area contributed by atoms with Crippen LogP contribution >= 0.6 is 11.8 Å². The zero-order chi connectivity index (χ0) is 8.27. The summed E-state index contributed by atoms with van der Waals surface area (Å²) < 4.78 is 0. The van der Waals surface area contributed by atoms with Crippen molar-refractivity contribution in [1.29, 1.82) is 0 Å². The van der Waals surface area contributed by atoms with Gasteiger partial charge in [-0.1, -0.05) is 30.3 Å². The van der Waals surface area contributed by atoms with Crippen molar-refractivity contribution in [3.63, 3.8) is 0 Å². The molecule has 0 radical (unpaired) electrons. The van der Waals surface area contributed by atoms with Gasteiger partial charge in [0.25, 0.3) is 0 Å². The molecule has 2 nitrogen and oxygen atoms in total. The SMILES string of the molecule is CC/C=C(\C)C1CSC(N)=N1. The first-order chi connectivity index (χ1) is 5.24. The minimum absolute atomic E-state index is 0.347. The maximum atomic E-state index is 5.54. The van der Waals surface area contributed by atoms with Crippen LogP contribution in [0.4, 0.5) is 0 Å². The Morgan fingerprint density at radius 3 is 3.09 bits per heavy atom. The molecule has 1 aliphatic heterocycles. The zero-order valence-electron chi connectivity index (χ0n) is 7.00. The minimum Gasteiger partial charge on any atom is -0.379 e. The van der Waals surface area contributed by atoms with E-state index in [1.54, 1.807) is 11.8 Å². The summed E-state index contributed by atoms with van der Waals surface area (Å²) in [5, 5.41) is 0.735. The van der Waals surface area contributed by atoms with Crippen molar-refractivity contribution in [2.45, 2.75) is 26.3 Å². The number of hydrogen-bond donors (Lipinski definition) is 1. The van der Waals surface area contributed by atoms with E-state index < -0.39 is 0 Å². The maximum Gasteiger partial charge on any atom is 0.154 e. The molecule has 1 atom stereocenters. The molecule has 0 aromatic carbocycles. The molecule has 0 saturated heterocycles. The third kappa shape index (κ3) is 2.26. The molecule has 3 heteroatoms. The first-order valence-corrected chi connectivity index (χ1v) is 4.85. The van der Waals surface area contributed by atoms with Gasteiger partial charge in [0.05, 0.1) is 6.04 Å². The predicted octanol–water partition coefficient (Wildman–Crippen LogP) is 1.77. The Labute approximate surface area is 72.0 Å². The van der Waals surface area contributed by atoms with E-state index in [1.165, 1.54) is 5.57 Å². The van der Waals surface area contributed by atoms with Crippen LogP contribution in [0.1, 0.15) is 20.3 Å². The van der Waals surface area contributed by atoms with Crippen LogP contribution in [0.25, 0.3) is 0 Å². The summed E-state index contributed by atoms with van der Waals surface area (Å²) in [7, 11) is 0. The fraction of sp³-hybridized carbons (Fsp3) is 0.625. The van der Waals surface area contributed by atoms with Crippen molar-refractivity contribution >= 4 is 16.9 Å². The van der Waals surface area contributed by atoms with Gasteiger partial charge in [0.15, 0.2) is 5.17 Å². The summed E-state index contributed by atoms with van der Waals surface area (Å²) in [5.74, 6) is 1.02. The molecule has 0 bridgehead atoms. The maximum absolute atomic E-state index is 5.54. The molecular weight excluding hydrogens is 156 g/mol. The lowest BCUT2D eigenvalue weighted by molar-refractivity contribution is 0.878. The average Bonchev–Trinajstić information content (AvgIpc) is 2.36. The molecule has 0 aliphatic carbocycles. The molecule has 1 unspecified atom stereocenters. The molecule has 1 aliphatic rings. The fourth-order valence-electron chi connectivity index (χ4n) is 1.08. The highest BCUT2D eigenvalue weighted by molar-refractivity contribution is 8.14. The second-order valence-corrected chi connectivity index (χ2v) is 3.69. The molecule has 0 amide bonds. The van der Waals surface area contributed by atoms with Crippen LogP contribution in [0, 0.1) is 0 Å². The number of aliphatic imine (C=N–C) groups is 1. The zero-order valence-corrected chi connectivity index (χ0v) is 7.82. The molecule has 62 valence electrons. The highest BCUT2D eigenvalue weighted by atomic mass is 32.2. The topological polar surface area (TPSA) is 38.4 Å². The monoisotopic (exact) mass is 170 g/mol. The first kappa shape index (κ1) is 8.65. The molecule has 11 heavy (non-hydrogen) atoms. The van der Waals surface area contributed by atoms with E-state index in [4.69, 9.17) is 5.73 Å². The van der Waals surface area contributed by atoms with E-state index in [9.17, 15) is 0 Å². The number of thioether (sulfide) groups is 1. The quantitative estimate of drug-likeness (QED) is 0.641. The minimum atomic E-state index is 0.347. The third-order valence-corrected chi connectivity index (χ3v) is 2.61. The first-order valence-electron chi connectivity index (χ1n) is 3.86. The molecule has 2 N–H and O–H groups in total. The summed E-state index contributed by atoms with van der Waals surface area (Å²) in [4.78, 5) is 4.30. The van der Waals surface area contributed by atoms with E-state index in [0.29, 0.717) is 6.04 Å². The number of nitrogens with two attached hydrogens (primary N) is 1. The molecule has 0 aromatic heterocycles. The Kier molecular flexibility index (Phi) is 3.00. The van der Waals surface area contributed by atoms with E-state index in [2.05, 4.69) is 24.9 Å². The van der Waals surface area contributed by atoms with Gasteiger partial charge in [0.2, 0.25) is 0 Å². The van der Waals surface area contributed by atoms with Crippen molar-refractivity contribution < 1.29 is 0 Å². The van der Waals surface area contributed by atoms with Crippen LogP contribution in [0.15, 0.2) is 16.6 Å². The molecule has 1 rings (SSSR count). The van der Waals surface area contributed by atoms with Crippen LogP contribution in [-0.2, 0) is 0 Å². The van der Waals surface area contributed by atoms with Gasteiger partial charge < -0.3 is 5.73 Å². The number of amidine groups is 1. The van der Waals surface area contributed by atoms with Gasteiger partial charge in [-0.05, 0) is 13.3 Å². The summed E-state index contributed by atoms with van der Waals surface area (Å²) in [6.07, 6.45) is 3.30. The predicted molar refractivity (Wildman–Crippen MR) is 51.9 cm³/mol. The lowest BCUT2D eigenvalue weighted by Gasteiger charge is -2.04. The number of hydrogen-bond acceptors (Lipinski definition) is 3. The van der Waals surface area contributed by atoms with Crippen LogP contribution < -0.4 is 5.73 Å². The van der Waals surface area contributed by atoms with E-state index in [1.807, 2.05) is 0 Å². The molecular formula is C8H14N2S. The molecule has 0 saturated carbocycles. The van der Waals surface area contributed by atoms with Gasteiger partial charge in [-0.15, -0.1) is 0 Å². The largest absolute Gasteiger partial charge is 0.379 e. The van der Waals surface area contributed by atoms with Crippen molar-refractivity contribution in [1.82, 2.24) is 0 Å². The summed E-state index contributed by atoms with van der Waals surface area (Å²) in [6, 6.07) is 0.347. The second kappa shape index (κ2) is 3.81. The van der Waals surface area contributed by atoms with E-state index in [0.717, 1.165) is 17.3 Å². The Morgan fingerprint density at radius 1 is 1.91 bits per heavy atom. The number of allylic oxidation sites excluding steroid dienone is 1. The van der Waals surface area contributed by atoms with Gasteiger partial charge in [-0.2, -0.15) is 0 Å². The smallest absolute Gasteiger partial charge is 0.154 e. The fourth-order valence-corrected chi connectivity index (χ4v) is 1.95. The van der Waals surface area contributed by atoms with Gasteiger partial charge in [0, 0.05) is 5.75 Å². The lowest BCUT2D eigenvalue weighted by atomic mass is 10.1. The van der Waals surface area contributed by atoms with Gasteiger partial charge in [-0.3, -0.25) is 4.99 Å². The molecule has 0 fully saturated rings. The van der Waals surface area contributed by atoms with Crippen LogP contribution in [0.2, 0.25) is 0 Å². The Balaban J connectivity index is 2.56. The molecule has 1 heterocycles. The Morgan fingerprint density at radius 2 is 2.64 bits per heavy atom.